The normalized spacial score (nSPS) is 18.1. The van der Waals surface area contributed by atoms with E-state index in [0.29, 0.717) is 17.7 Å². The van der Waals surface area contributed by atoms with E-state index in [1.807, 2.05) is 11.6 Å². The number of carbonyl (C=O) groups is 1. The lowest BCUT2D eigenvalue weighted by atomic mass is 9.96. The molecule has 0 aliphatic carbocycles. The summed E-state index contributed by atoms with van der Waals surface area (Å²) >= 11 is 0. The lowest BCUT2D eigenvalue weighted by Gasteiger charge is -2.32. The lowest BCUT2D eigenvalue weighted by molar-refractivity contribution is 0.0929. The van der Waals surface area contributed by atoms with Crippen LogP contribution in [0.15, 0.2) is 30.3 Å². The molecule has 0 saturated carbocycles. The zero-order valence-corrected chi connectivity index (χ0v) is 19.8. The molecule has 2 aromatic rings. The van der Waals surface area contributed by atoms with Gasteiger partial charge in [0.05, 0.1) is 11.7 Å². The molecule has 1 aromatic carbocycles. The molecular weight excluding hydrogens is 435 g/mol. The van der Waals surface area contributed by atoms with E-state index in [1.165, 1.54) is 5.56 Å². The van der Waals surface area contributed by atoms with Crippen LogP contribution in [0.2, 0.25) is 0 Å². The van der Waals surface area contributed by atoms with Crippen molar-refractivity contribution in [2.45, 2.75) is 45.2 Å². The van der Waals surface area contributed by atoms with Gasteiger partial charge in [0.2, 0.25) is 0 Å². The second kappa shape index (κ2) is 12.4. The van der Waals surface area contributed by atoms with Crippen molar-refractivity contribution in [1.29, 1.82) is 0 Å². The van der Waals surface area contributed by atoms with Crippen LogP contribution >= 0.6 is 24.8 Å². The van der Waals surface area contributed by atoms with Crippen molar-refractivity contribution in [3.8, 4) is 0 Å². The monoisotopic (exact) mass is 468 g/mol. The molecule has 1 amide bonds. The second-order valence-corrected chi connectivity index (χ2v) is 8.36. The number of piperidine rings is 2. The van der Waals surface area contributed by atoms with Crippen LogP contribution in [0.25, 0.3) is 0 Å². The van der Waals surface area contributed by atoms with E-state index in [2.05, 4.69) is 56.2 Å². The van der Waals surface area contributed by atoms with Gasteiger partial charge in [0.1, 0.15) is 0 Å². The van der Waals surface area contributed by atoms with Crippen molar-refractivity contribution in [2.24, 2.45) is 5.92 Å². The molecule has 3 heterocycles. The fourth-order valence-electron chi connectivity index (χ4n) is 4.46. The van der Waals surface area contributed by atoms with E-state index in [0.717, 1.165) is 70.6 Å². The quantitative estimate of drug-likeness (QED) is 0.681. The van der Waals surface area contributed by atoms with Crippen LogP contribution < -0.4 is 10.6 Å². The summed E-state index contributed by atoms with van der Waals surface area (Å²) < 4.78 is 1.94. The van der Waals surface area contributed by atoms with E-state index >= 15 is 0 Å². The van der Waals surface area contributed by atoms with Crippen molar-refractivity contribution in [2.75, 3.05) is 32.7 Å². The Bertz CT molecular complexity index is 802. The number of hydrogen-bond donors (Lipinski definition) is 2. The van der Waals surface area contributed by atoms with Gasteiger partial charge in [-0.15, -0.1) is 29.9 Å². The zero-order chi connectivity index (χ0) is 20.1. The fourth-order valence-corrected chi connectivity index (χ4v) is 4.46. The number of hydrogen-bond acceptors (Lipinski definition) is 5. The van der Waals surface area contributed by atoms with Crippen molar-refractivity contribution in [3.05, 3.63) is 47.3 Å². The van der Waals surface area contributed by atoms with Crippen molar-refractivity contribution < 1.29 is 4.79 Å². The summed E-state index contributed by atoms with van der Waals surface area (Å²) in [7, 11) is 0. The predicted octanol–water partition coefficient (Wildman–Crippen LogP) is 3.00. The summed E-state index contributed by atoms with van der Waals surface area (Å²) in [6, 6.07) is 11.0. The second-order valence-electron chi connectivity index (χ2n) is 8.36. The summed E-state index contributed by atoms with van der Waals surface area (Å²) in [5, 5.41) is 14.9. The van der Waals surface area contributed by atoms with E-state index in [-0.39, 0.29) is 30.7 Å². The van der Waals surface area contributed by atoms with Gasteiger partial charge in [0.25, 0.3) is 5.91 Å². The van der Waals surface area contributed by atoms with Crippen molar-refractivity contribution in [3.63, 3.8) is 0 Å². The van der Waals surface area contributed by atoms with Gasteiger partial charge in [-0.05, 0) is 70.3 Å². The molecule has 4 rings (SSSR count). The largest absolute Gasteiger partial charge is 0.350 e. The molecule has 0 spiro atoms. The summed E-state index contributed by atoms with van der Waals surface area (Å²) in [6.07, 6.45) is 4.31. The number of benzene rings is 1. The number of aromatic nitrogens is 3. The lowest BCUT2D eigenvalue weighted by Crippen LogP contribution is -2.38. The van der Waals surface area contributed by atoms with Gasteiger partial charge in [-0.1, -0.05) is 35.5 Å². The average molecular weight is 469 g/mol. The maximum absolute atomic E-state index is 12.7. The number of rotatable bonds is 6. The Balaban J connectivity index is 0.00000171. The highest BCUT2D eigenvalue weighted by atomic mass is 35.5. The Labute approximate surface area is 197 Å². The summed E-state index contributed by atoms with van der Waals surface area (Å²) in [5.41, 5.74) is 2.73. The van der Waals surface area contributed by atoms with Crippen LogP contribution in [0.1, 0.15) is 53.5 Å². The Hall–Kier alpha value is -1.67. The molecule has 2 aliphatic rings. The first-order chi connectivity index (χ1) is 14.2. The molecule has 31 heavy (non-hydrogen) atoms. The van der Waals surface area contributed by atoms with Crippen LogP contribution in [0, 0.1) is 12.8 Å². The first-order valence-electron chi connectivity index (χ1n) is 10.9. The highest BCUT2D eigenvalue weighted by Crippen LogP contribution is 2.21. The minimum Gasteiger partial charge on any atom is -0.350 e. The SMILES string of the molecule is Cc1c(C(=O)NCC2CCN(Cc3ccccc3)CC2)nnn1C1CCNCC1.Cl.Cl. The van der Waals surface area contributed by atoms with Gasteiger partial charge < -0.3 is 10.6 Å². The predicted molar refractivity (Wildman–Crippen MR) is 127 cm³/mol. The van der Waals surface area contributed by atoms with Gasteiger partial charge in [-0.3, -0.25) is 9.69 Å². The molecule has 0 atom stereocenters. The highest BCUT2D eigenvalue weighted by Gasteiger charge is 2.24. The topological polar surface area (TPSA) is 75.1 Å². The van der Waals surface area contributed by atoms with E-state index in [9.17, 15) is 4.79 Å². The van der Waals surface area contributed by atoms with Crippen molar-refractivity contribution in [1.82, 2.24) is 30.5 Å². The first kappa shape index (κ1) is 25.6. The third-order valence-electron chi connectivity index (χ3n) is 6.30. The third kappa shape index (κ3) is 6.65. The van der Waals surface area contributed by atoms with E-state index in [1.54, 1.807) is 0 Å². The molecule has 9 heteroatoms. The summed E-state index contributed by atoms with van der Waals surface area (Å²) in [5.74, 6) is 0.445. The third-order valence-corrected chi connectivity index (χ3v) is 6.30. The molecule has 0 unspecified atom stereocenters. The molecule has 172 valence electrons. The fraction of sp³-hybridized carbons (Fsp3) is 0.591. The summed E-state index contributed by atoms with van der Waals surface area (Å²) in [6.45, 7) is 7.85. The van der Waals surface area contributed by atoms with Gasteiger partial charge >= 0.3 is 0 Å². The molecule has 0 bridgehead atoms. The number of amides is 1. The molecule has 2 N–H and O–H groups in total. The highest BCUT2D eigenvalue weighted by molar-refractivity contribution is 5.93. The van der Waals surface area contributed by atoms with E-state index in [4.69, 9.17) is 0 Å². The molecule has 2 fully saturated rings. The maximum atomic E-state index is 12.7. The zero-order valence-electron chi connectivity index (χ0n) is 18.1. The molecule has 2 saturated heterocycles. The number of nitrogens with zero attached hydrogens (tertiary/aromatic N) is 4. The number of halogens is 2. The van der Waals surface area contributed by atoms with Crippen molar-refractivity contribution >= 4 is 30.7 Å². The minimum atomic E-state index is -0.0885. The minimum absolute atomic E-state index is 0. The Morgan fingerprint density at radius 2 is 1.77 bits per heavy atom. The van der Waals surface area contributed by atoms with Crippen LogP contribution in [0.3, 0.4) is 0 Å². The molecule has 1 aromatic heterocycles. The van der Waals surface area contributed by atoms with Crippen LogP contribution in [-0.2, 0) is 6.54 Å². The molecule has 2 aliphatic heterocycles. The van der Waals surface area contributed by atoms with Gasteiger partial charge in [0, 0.05) is 13.1 Å². The van der Waals surface area contributed by atoms with Gasteiger partial charge in [-0.25, -0.2) is 4.68 Å². The van der Waals surface area contributed by atoms with E-state index < -0.39 is 0 Å². The van der Waals surface area contributed by atoms with Gasteiger partial charge in [-0.2, -0.15) is 0 Å². The van der Waals surface area contributed by atoms with Gasteiger partial charge in [0.15, 0.2) is 5.69 Å². The standard InChI is InChI=1S/C22H32N6O.2ClH/c1-17-21(25-26-28(17)20-7-11-23-12-8-20)22(29)24-15-18-9-13-27(14-10-18)16-19-5-3-2-4-6-19;;/h2-6,18,20,23H,7-16H2,1H3,(H,24,29);2*1H. The average Bonchev–Trinajstić information content (AvgIpc) is 3.16. The number of nitrogens with one attached hydrogen (secondary N) is 2. The molecule has 7 nitrogen and oxygen atoms in total. The summed E-state index contributed by atoms with van der Waals surface area (Å²) in [4.78, 5) is 15.2. The Morgan fingerprint density at radius 3 is 2.45 bits per heavy atom. The maximum Gasteiger partial charge on any atom is 0.273 e. The Morgan fingerprint density at radius 1 is 1.10 bits per heavy atom. The first-order valence-corrected chi connectivity index (χ1v) is 10.9. The van der Waals surface area contributed by atoms with Crippen LogP contribution in [0.5, 0.6) is 0 Å². The Kier molecular flexibility index (Phi) is 10.2. The number of carbonyl (C=O) groups excluding carboxylic acids is 1. The smallest absolute Gasteiger partial charge is 0.273 e. The van der Waals surface area contributed by atoms with Crippen LogP contribution in [0.4, 0.5) is 0 Å². The van der Waals surface area contributed by atoms with Crippen LogP contribution in [-0.4, -0.2) is 58.5 Å². The molecular formula is C22H34Cl2N6O. The molecule has 0 radical (unpaired) electrons. The number of likely N-dealkylation sites (tertiary alicyclic amines) is 1.